The number of hydrogen-bond acceptors (Lipinski definition) is 4. The zero-order valence-electron chi connectivity index (χ0n) is 11.5. The van der Waals surface area contributed by atoms with Gasteiger partial charge in [-0.15, -0.1) is 0 Å². The first-order valence-corrected chi connectivity index (χ1v) is 8.53. The highest BCUT2D eigenvalue weighted by atomic mass is 32.2. The average Bonchev–Trinajstić information content (AvgIpc) is 2.33. The van der Waals surface area contributed by atoms with E-state index in [1.165, 1.54) is 6.26 Å². The summed E-state index contributed by atoms with van der Waals surface area (Å²) in [7, 11) is -1.29. The molecule has 0 aliphatic carbocycles. The van der Waals surface area contributed by atoms with Crippen molar-refractivity contribution in [1.82, 2.24) is 9.62 Å². The topological polar surface area (TPSA) is 58.6 Å². The van der Waals surface area contributed by atoms with Crippen LogP contribution in [0.4, 0.5) is 0 Å². The molecule has 0 saturated carbocycles. The Morgan fingerprint density at radius 1 is 1.39 bits per heavy atom. The van der Waals surface area contributed by atoms with Crippen LogP contribution < -0.4 is 5.32 Å². The highest BCUT2D eigenvalue weighted by molar-refractivity contribution is 7.88. The molecule has 1 aliphatic rings. The number of methoxy groups -OCH3 is 1. The lowest BCUT2D eigenvalue weighted by Gasteiger charge is -2.31. The summed E-state index contributed by atoms with van der Waals surface area (Å²) in [6, 6.07) is 0. The van der Waals surface area contributed by atoms with Gasteiger partial charge >= 0.3 is 0 Å². The van der Waals surface area contributed by atoms with Crippen LogP contribution in [0.1, 0.15) is 25.7 Å². The monoisotopic (exact) mass is 278 g/mol. The summed E-state index contributed by atoms with van der Waals surface area (Å²) < 4.78 is 29.5. The molecule has 5 nitrogen and oxygen atoms in total. The third kappa shape index (κ3) is 6.13. The molecule has 1 aliphatic heterocycles. The number of ether oxygens (including phenoxy) is 1. The molecule has 0 aromatic heterocycles. The van der Waals surface area contributed by atoms with Crippen LogP contribution in [0.15, 0.2) is 0 Å². The molecule has 6 heteroatoms. The fourth-order valence-electron chi connectivity index (χ4n) is 2.30. The number of piperidine rings is 1. The molecule has 1 heterocycles. The van der Waals surface area contributed by atoms with Gasteiger partial charge in [0.25, 0.3) is 0 Å². The summed E-state index contributed by atoms with van der Waals surface area (Å²) in [6.45, 7) is 4.07. The molecule has 1 N–H and O–H groups in total. The first kappa shape index (κ1) is 15.9. The SMILES string of the molecule is COCCCCNCC1CCCN(S(C)(=O)=O)C1. The molecule has 1 unspecified atom stereocenters. The Morgan fingerprint density at radius 3 is 2.83 bits per heavy atom. The molecule has 0 amide bonds. The van der Waals surface area contributed by atoms with Gasteiger partial charge in [0.05, 0.1) is 6.26 Å². The van der Waals surface area contributed by atoms with Gasteiger partial charge in [0.15, 0.2) is 0 Å². The standard InChI is InChI=1S/C12H26N2O3S/c1-17-9-4-3-7-13-10-12-6-5-8-14(11-12)18(2,15)16/h12-13H,3-11H2,1-2H3. The summed E-state index contributed by atoms with van der Waals surface area (Å²) in [6.07, 6.45) is 5.58. The minimum atomic E-state index is -3.01. The molecule has 0 bridgehead atoms. The van der Waals surface area contributed by atoms with Crippen LogP contribution in [0.25, 0.3) is 0 Å². The number of rotatable bonds is 8. The van der Waals surface area contributed by atoms with Crippen LogP contribution in [0.2, 0.25) is 0 Å². The predicted molar refractivity (Wildman–Crippen MR) is 73.1 cm³/mol. The van der Waals surface area contributed by atoms with Crippen LogP contribution in [0, 0.1) is 5.92 Å². The van der Waals surface area contributed by atoms with Gasteiger partial charge < -0.3 is 10.1 Å². The molecule has 1 saturated heterocycles. The summed E-state index contributed by atoms with van der Waals surface area (Å²) in [4.78, 5) is 0. The van der Waals surface area contributed by atoms with Gasteiger partial charge in [0.2, 0.25) is 10.0 Å². The molecule has 0 aromatic carbocycles. The number of sulfonamides is 1. The third-order valence-corrected chi connectivity index (χ3v) is 4.61. The Kier molecular flexibility index (Phi) is 7.14. The molecular weight excluding hydrogens is 252 g/mol. The van der Waals surface area contributed by atoms with E-state index in [4.69, 9.17) is 4.74 Å². The molecular formula is C12H26N2O3S. The van der Waals surface area contributed by atoms with Crippen LogP contribution in [-0.2, 0) is 14.8 Å². The Balaban J connectivity index is 2.15. The highest BCUT2D eigenvalue weighted by Crippen LogP contribution is 2.17. The van der Waals surface area contributed by atoms with E-state index in [9.17, 15) is 8.42 Å². The van der Waals surface area contributed by atoms with Crippen molar-refractivity contribution in [2.75, 3.05) is 46.2 Å². The Bertz CT molecular complexity index is 319. The molecule has 18 heavy (non-hydrogen) atoms. The van der Waals surface area contributed by atoms with Gasteiger partial charge in [-0.1, -0.05) is 0 Å². The lowest BCUT2D eigenvalue weighted by Crippen LogP contribution is -2.42. The van der Waals surface area contributed by atoms with Crippen molar-refractivity contribution in [3.05, 3.63) is 0 Å². The smallest absolute Gasteiger partial charge is 0.211 e. The quantitative estimate of drug-likeness (QED) is 0.663. The van der Waals surface area contributed by atoms with Gasteiger partial charge in [-0.05, 0) is 44.7 Å². The van der Waals surface area contributed by atoms with Crippen molar-refractivity contribution in [2.24, 2.45) is 5.92 Å². The number of hydrogen-bond donors (Lipinski definition) is 1. The van der Waals surface area contributed by atoms with Crippen LogP contribution in [0.5, 0.6) is 0 Å². The van der Waals surface area contributed by atoms with Gasteiger partial charge in [0.1, 0.15) is 0 Å². The maximum Gasteiger partial charge on any atom is 0.211 e. The Hall–Kier alpha value is -0.170. The van der Waals surface area contributed by atoms with Crippen molar-refractivity contribution >= 4 is 10.0 Å². The van der Waals surface area contributed by atoms with E-state index in [-0.39, 0.29) is 0 Å². The second-order valence-electron chi connectivity index (χ2n) is 5.03. The van der Waals surface area contributed by atoms with E-state index in [1.807, 2.05) is 0 Å². The Morgan fingerprint density at radius 2 is 2.17 bits per heavy atom. The number of nitrogens with zero attached hydrogens (tertiary/aromatic N) is 1. The normalized spacial score (nSPS) is 22.2. The molecule has 0 aromatic rings. The lowest BCUT2D eigenvalue weighted by molar-refractivity contribution is 0.192. The fraction of sp³-hybridized carbons (Fsp3) is 1.00. The zero-order valence-corrected chi connectivity index (χ0v) is 12.3. The number of unbranched alkanes of at least 4 members (excludes halogenated alkanes) is 1. The van der Waals surface area contributed by atoms with E-state index < -0.39 is 10.0 Å². The van der Waals surface area contributed by atoms with Gasteiger partial charge in [-0.2, -0.15) is 0 Å². The van der Waals surface area contributed by atoms with Gasteiger partial charge in [-0.3, -0.25) is 0 Å². The Labute approximate surface area is 111 Å². The third-order valence-electron chi connectivity index (χ3n) is 3.34. The van der Waals surface area contributed by atoms with Crippen molar-refractivity contribution in [3.63, 3.8) is 0 Å². The van der Waals surface area contributed by atoms with E-state index in [0.717, 1.165) is 45.4 Å². The van der Waals surface area contributed by atoms with E-state index >= 15 is 0 Å². The second kappa shape index (κ2) is 8.09. The minimum Gasteiger partial charge on any atom is -0.385 e. The lowest BCUT2D eigenvalue weighted by atomic mass is 10.00. The van der Waals surface area contributed by atoms with Crippen molar-refractivity contribution in [3.8, 4) is 0 Å². The summed E-state index contributed by atoms with van der Waals surface area (Å²) in [5.74, 6) is 0.455. The van der Waals surface area contributed by atoms with Crippen LogP contribution in [-0.4, -0.2) is 58.9 Å². The van der Waals surface area contributed by atoms with E-state index in [1.54, 1.807) is 11.4 Å². The zero-order chi connectivity index (χ0) is 13.4. The molecule has 0 radical (unpaired) electrons. The van der Waals surface area contributed by atoms with Crippen LogP contribution in [0.3, 0.4) is 0 Å². The largest absolute Gasteiger partial charge is 0.385 e. The van der Waals surface area contributed by atoms with Crippen LogP contribution >= 0.6 is 0 Å². The van der Waals surface area contributed by atoms with Gasteiger partial charge in [-0.25, -0.2) is 12.7 Å². The second-order valence-corrected chi connectivity index (χ2v) is 7.02. The maximum atomic E-state index is 11.5. The van der Waals surface area contributed by atoms with Crippen molar-refractivity contribution < 1.29 is 13.2 Å². The summed E-state index contributed by atoms with van der Waals surface area (Å²) in [5.41, 5.74) is 0. The molecule has 108 valence electrons. The molecule has 1 atom stereocenters. The minimum absolute atomic E-state index is 0.455. The fourth-order valence-corrected chi connectivity index (χ4v) is 3.24. The first-order valence-electron chi connectivity index (χ1n) is 6.69. The number of nitrogens with one attached hydrogen (secondary N) is 1. The van der Waals surface area contributed by atoms with Crippen molar-refractivity contribution in [1.29, 1.82) is 0 Å². The average molecular weight is 278 g/mol. The summed E-state index contributed by atoms with van der Waals surface area (Å²) >= 11 is 0. The predicted octanol–water partition coefficient (Wildman–Crippen LogP) is 0.674. The first-order chi connectivity index (χ1) is 8.54. The van der Waals surface area contributed by atoms with E-state index in [0.29, 0.717) is 19.0 Å². The van der Waals surface area contributed by atoms with E-state index in [2.05, 4.69) is 5.32 Å². The van der Waals surface area contributed by atoms with Gasteiger partial charge in [0, 0.05) is 26.8 Å². The molecule has 1 fully saturated rings. The molecule has 1 rings (SSSR count). The maximum absolute atomic E-state index is 11.5. The highest BCUT2D eigenvalue weighted by Gasteiger charge is 2.25. The van der Waals surface area contributed by atoms with Crippen molar-refractivity contribution in [2.45, 2.75) is 25.7 Å². The molecule has 0 spiro atoms. The summed E-state index contributed by atoms with van der Waals surface area (Å²) in [5, 5.41) is 3.41.